The number of rotatable bonds is 6. The van der Waals surface area contributed by atoms with Crippen LogP contribution in [-0.4, -0.2) is 30.3 Å². The summed E-state index contributed by atoms with van der Waals surface area (Å²) in [6, 6.07) is 0. The summed E-state index contributed by atoms with van der Waals surface area (Å²) >= 11 is 0. The second kappa shape index (κ2) is 5.50. The fraction of sp³-hybridized carbons (Fsp3) is 0.917. The quantitative estimate of drug-likeness (QED) is 0.651. The van der Waals surface area contributed by atoms with E-state index in [1.54, 1.807) is 0 Å². The van der Waals surface area contributed by atoms with E-state index in [9.17, 15) is 4.79 Å². The Balaban J connectivity index is 1.98. The molecule has 0 saturated carbocycles. The molecule has 0 aliphatic carbocycles. The van der Waals surface area contributed by atoms with Gasteiger partial charge in [-0.1, -0.05) is 20.8 Å². The van der Waals surface area contributed by atoms with Crippen LogP contribution in [0.15, 0.2) is 0 Å². The van der Waals surface area contributed by atoms with Gasteiger partial charge in [-0.3, -0.25) is 4.79 Å². The Morgan fingerprint density at radius 3 is 2.57 bits per heavy atom. The van der Waals surface area contributed by atoms with Gasteiger partial charge < -0.3 is 4.90 Å². The molecule has 0 spiro atoms. The lowest BCUT2D eigenvalue weighted by molar-refractivity contribution is -0.119. The van der Waals surface area contributed by atoms with E-state index >= 15 is 0 Å². The molecule has 1 rings (SSSR count). The van der Waals surface area contributed by atoms with Crippen LogP contribution in [0.5, 0.6) is 0 Å². The molecule has 2 heteroatoms. The summed E-state index contributed by atoms with van der Waals surface area (Å²) in [6.07, 6.45) is 2.53. The minimum atomic E-state index is 0.408. The van der Waals surface area contributed by atoms with Gasteiger partial charge in [0.15, 0.2) is 0 Å². The molecule has 0 radical (unpaired) electrons. The third-order valence-electron chi connectivity index (χ3n) is 3.25. The third-order valence-corrected chi connectivity index (χ3v) is 3.25. The van der Waals surface area contributed by atoms with E-state index in [1.807, 2.05) is 6.92 Å². The lowest BCUT2D eigenvalue weighted by Crippen LogP contribution is -2.49. The Kier molecular flexibility index (Phi) is 4.59. The maximum Gasteiger partial charge on any atom is 0.132 e. The highest BCUT2D eigenvalue weighted by Crippen LogP contribution is 2.23. The van der Waals surface area contributed by atoms with Crippen molar-refractivity contribution in [2.24, 2.45) is 11.8 Å². The summed E-state index contributed by atoms with van der Waals surface area (Å²) in [5, 5.41) is 0. The Morgan fingerprint density at radius 1 is 1.43 bits per heavy atom. The molecule has 1 saturated heterocycles. The predicted octanol–water partition coefficient (Wildman–Crippen LogP) is 2.33. The summed E-state index contributed by atoms with van der Waals surface area (Å²) in [6.45, 7) is 10.1. The van der Waals surface area contributed by atoms with Gasteiger partial charge in [-0.25, -0.2) is 0 Å². The SMILES string of the molecule is CCC(=O)CCCN1CC(C(C)C)C1. The Morgan fingerprint density at radius 2 is 2.07 bits per heavy atom. The van der Waals surface area contributed by atoms with Gasteiger partial charge in [-0.15, -0.1) is 0 Å². The third kappa shape index (κ3) is 3.41. The number of carbonyl (C=O) groups is 1. The van der Waals surface area contributed by atoms with Gasteiger partial charge in [0, 0.05) is 25.9 Å². The Hall–Kier alpha value is -0.370. The Bertz CT molecular complexity index is 183. The second-order valence-corrected chi connectivity index (χ2v) is 4.76. The highest BCUT2D eigenvalue weighted by molar-refractivity contribution is 5.77. The molecule has 14 heavy (non-hydrogen) atoms. The number of ketones is 1. The molecule has 0 N–H and O–H groups in total. The highest BCUT2D eigenvalue weighted by Gasteiger charge is 2.28. The minimum absolute atomic E-state index is 0.408. The zero-order valence-electron chi connectivity index (χ0n) is 9.75. The lowest BCUT2D eigenvalue weighted by Gasteiger charge is -2.41. The van der Waals surface area contributed by atoms with E-state index in [2.05, 4.69) is 18.7 Å². The summed E-state index contributed by atoms with van der Waals surface area (Å²) in [4.78, 5) is 13.5. The van der Waals surface area contributed by atoms with Crippen molar-refractivity contribution in [2.75, 3.05) is 19.6 Å². The van der Waals surface area contributed by atoms with E-state index in [-0.39, 0.29) is 0 Å². The van der Waals surface area contributed by atoms with Crippen LogP contribution in [-0.2, 0) is 4.79 Å². The van der Waals surface area contributed by atoms with Crippen LogP contribution in [0, 0.1) is 11.8 Å². The van der Waals surface area contributed by atoms with Crippen LogP contribution in [0.2, 0.25) is 0 Å². The van der Waals surface area contributed by atoms with Gasteiger partial charge in [-0.05, 0) is 24.8 Å². The summed E-state index contributed by atoms with van der Waals surface area (Å²) < 4.78 is 0. The normalized spacial score (nSPS) is 18.6. The number of carbonyl (C=O) groups excluding carboxylic acids is 1. The first-order valence-electron chi connectivity index (χ1n) is 5.87. The summed E-state index contributed by atoms with van der Waals surface area (Å²) in [5.41, 5.74) is 0. The molecule has 1 heterocycles. The molecular weight excluding hydrogens is 174 g/mol. The summed E-state index contributed by atoms with van der Waals surface area (Å²) in [7, 11) is 0. The van der Waals surface area contributed by atoms with E-state index in [1.165, 1.54) is 13.1 Å². The molecule has 1 aliphatic rings. The average Bonchev–Trinajstić information content (AvgIpc) is 2.07. The predicted molar refractivity (Wildman–Crippen MR) is 59.3 cm³/mol. The van der Waals surface area contributed by atoms with Gasteiger partial charge >= 0.3 is 0 Å². The molecule has 0 aromatic rings. The molecule has 0 aromatic carbocycles. The van der Waals surface area contributed by atoms with Crippen LogP contribution in [0.25, 0.3) is 0 Å². The van der Waals surface area contributed by atoms with Gasteiger partial charge in [0.2, 0.25) is 0 Å². The molecule has 1 fully saturated rings. The van der Waals surface area contributed by atoms with Crippen molar-refractivity contribution in [3.63, 3.8) is 0 Å². The van der Waals surface area contributed by atoms with Crippen molar-refractivity contribution in [2.45, 2.75) is 40.0 Å². The van der Waals surface area contributed by atoms with E-state index in [0.29, 0.717) is 12.2 Å². The second-order valence-electron chi connectivity index (χ2n) is 4.76. The fourth-order valence-corrected chi connectivity index (χ4v) is 1.89. The van der Waals surface area contributed by atoms with Crippen LogP contribution >= 0.6 is 0 Å². The molecule has 0 unspecified atom stereocenters. The van der Waals surface area contributed by atoms with Crippen molar-refractivity contribution < 1.29 is 4.79 Å². The number of hydrogen-bond acceptors (Lipinski definition) is 2. The van der Waals surface area contributed by atoms with Crippen molar-refractivity contribution in [1.29, 1.82) is 0 Å². The van der Waals surface area contributed by atoms with Crippen molar-refractivity contribution in [1.82, 2.24) is 4.90 Å². The van der Waals surface area contributed by atoms with Gasteiger partial charge in [0.25, 0.3) is 0 Å². The highest BCUT2D eigenvalue weighted by atomic mass is 16.1. The standard InChI is InChI=1S/C12H23NO/c1-4-12(14)6-5-7-13-8-11(9-13)10(2)3/h10-11H,4-9H2,1-3H3. The van der Waals surface area contributed by atoms with Crippen LogP contribution in [0.3, 0.4) is 0 Å². The smallest absolute Gasteiger partial charge is 0.132 e. The summed E-state index contributed by atoms with van der Waals surface area (Å²) in [5.74, 6) is 2.13. The average molecular weight is 197 g/mol. The lowest BCUT2D eigenvalue weighted by atomic mass is 9.88. The van der Waals surface area contributed by atoms with E-state index in [0.717, 1.165) is 31.2 Å². The molecule has 2 nitrogen and oxygen atoms in total. The van der Waals surface area contributed by atoms with Gasteiger partial charge in [0.05, 0.1) is 0 Å². The minimum Gasteiger partial charge on any atom is -0.303 e. The van der Waals surface area contributed by atoms with Gasteiger partial charge in [0.1, 0.15) is 5.78 Å². The first-order valence-corrected chi connectivity index (χ1v) is 5.87. The number of nitrogens with zero attached hydrogens (tertiary/aromatic N) is 1. The monoisotopic (exact) mass is 197 g/mol. The maximum atomic E-state index is 11.1. The first-order chi connectivity index (χ1) is 6.63. The number of Topliss-reactive ketones (excluding diaryl/α,β-unsaturated/α-hetero) is 1. The zero-order chi connectivity index (χ0) is 10.6. The van der Waals surface area contributed by atoms with Gasteiger partial charge in [-0.2, -0.15) is 0 Å². The van der Waals surface area contributed by atoms with Crippen LogP contribution in [0.1, 0.15) is 40.0 Å². The van der Waals surface area contributed by atoms with Crippen LogP contribution < -0.4 is 0 Å². The van der Waals surface area contributed by atoms with Crippen molar-refractivity contribution >= 4 is 5.78 Å². The molecule has 1 aliphatic heterocycles. The van der Waals surface area contributed by atoms with Crippen molar-refractivity contribution in [3.05, 3.63) is 0 Å². The van der Waals surface area contributed by atoms with Crippen LogP contribution in [0.4, 0.5) is 0 Å². The largest absolute Gasteiger partial charge is 0.303 e. The number of hydrogen-bond donors (Lipinski definition) is 0. The maximum absolute atomic E-state index is 11.1. The molecule has 0 amide bonds. The van der Waals surface area contributed by atoms with E-state index in [4.69, 9.17) is 0 Å². The van der Waals surface area contributed by atoms with Crippen molar-refractivity contribution in [3.8, 4) is 0 Å². The Labute approximate surface area is 87.7 Å². The molecule has 82 valence electrons. The topological polar surface area (TPSA) is 20.3 Å². The molecular formula is C12H23NO. The molecule has 0 aromatic heterocycles. The van der Waals surface area contributed by atoms with E-state index < -0.39 is 0 Å². The first kappa shape index (κ1) is 11.7. The number of likely N-dealkylation sites (tertiary alicyclic amines) is 1. The fourth-order valence-electron chi connectivity index (χ4n) is 1.89. The molecule has 0 bridgehead atoms. The zero-order valence-corrected chi connectivity index (χ0v) is 9.75. The molecule has 0 atom stereocenters.